The molecule has 2 N–H and O–H groups in total. The molecule has 0 heterocycles. The normalized spacial score (nSPS) is 10.8. The number of hydrogen-bond acceptors (Lipinski definition) is 5. The lowest BCUT2D eigenvalue weighted by molar-refractivity contribution is 0.0977. The van der Waals surface area contributed by atoms with E-state index in [4.69, 9.17) is 17.0 Å². The molecule has 0 aliphatic carbocycles. The molecule has 6 nitrogen and oxygen atoms in total. The van der Waals surface area contributed by atoms with Crippen molar-refractivity contribution in [3.63, 3.8) is 0 Å². The van der Waals surface area contributed by atoms with E-state index >= 15 is 0 Å². The minimum absolute atomic E-state index is 0.117. The summed E-state index contributed by atoms with van der Waals surface area (Å²) in [6.45, 7) is 2.44. The van der Waals surface area contributed by atoms with Crippen LogP contribution in [0.25, 0.3) is 0 Å². The summed E-state index contributed by atoms with van der Waals surface area (Å²) >= 11 is 5.10. The Hall–Kier alpha value is -2.45. The second kappa shape index (κ2) is 8.09. The molecule has 0 spiro atoms. The molecule has 0 unspecified atom stereocenters. The van der Waals surface area contributed by atoms with E-state index in [9.17, 15) is 13.2 Å². The predicted octanol–water partition coefficient (Wildman–Crippen LogP) is 2.62. The fourth-order valence-electron chi connectivity index (χ4n) is 1.99. The Kier molecular flexibility index (Phi) is 6.11. The maximum atomic E-state index is 12.1. The highest BCUT2D eigenvalue weighted by Gasteiger charge is 2.09. The summed E-state index contributed by atoms with van der Waals surface area (Å²) in [4.78, 5) is 12.4. The monoisotopic (exact) mass is 378 g/mol. The lowest BCUT2D eigenvalue weighted by Gasteiger charge is -2.10. The number of thiocarbonyl (C=S) groups is 1. The zero-order valence-electron chi connectivity index (χ0n) is 13.8. The molecule has 2 aromatic carbocycles. The second-order valence-electron chi connectivity index (χ2n) is 5.16. The van der Waals surface area contributed by atoms with Gasteiger partial charge in [0.15, 0.2) is 14.9 Å². The van der Waals surface area contributed by atoms with Gasteiger partial charge in [-0.2, -0.15) is 0 Å². The van der Waals surface area contributed by atoms with Crippen LogP contribution in [0.3, 0.4) is 0 Å². The Morgan fingerprint density at radius 1 is 1.08 bits per heavy atom. The topological polar surface area (TPSA) is 84.5 Å². The van der Waals surface area contributed by atoms with Gasteiger partial charge in [0.1, 0.15) is 5.75 Å². The van der Waals surface area contributed by atoms with Crippen molar-refractivity contribution in [1.82, 2.24) is 5.32 Å². The Balaban J connectivity index is 1.96. The lowest BCUT2D eigenvalue weighted by atomic mass is 10.2. The quantitative estimate of drug-likeness (QED) is 0.778. The smallest absolute Gasteiger partial charge is 0.257 e. The van der Waals surface area contributed by atoms with Crippen LogP contribution in [0, 0.1) is 0 Å². The lowest BCUT2D eigenvalue weighted by Crippen LogP contribution is -2.34. The molecule has 0 bridgehead atoms. The average Bonchev–Trinajstić information content (AvgIpc) is 2.55. The SMILES string of the molecule is CCOc1ccc(C(=O)NC(=S)Nc2ccc(S(C)(=O)=O)cc2)cc1. The maximum absolute atomic E-state index is 12.1. The number of carbonyl (C=O) groups excluding carboxylic acids is 1. The van der Waals surface area contributed by atoms with Crippen LogP contribution in [-0.4, -0.2) is 32.3 Å². The van der Waals surface area contributed by atoms with Crippen LogP contribution in [0.5, 0.6) is 5.75 Å². The third-order valence-corrected chi connectivity index (χ3v) is 4.53. The molecule has 2 aromatic rings. The van der Waals surface area contributed by atoms with Crippen molar-refractivity contribution in [3.8, 4) is 5.75 Å². The molecular weight excluding hydrogens is 360 g/mol. The molecule has 132 valence electrons. The largest absolute Gasteiger partial charge is 0.494 e. The van der Waals surface area contributed by atoms with E-state index in [-0.39, 0.29) is 15.9 Å². The minimum Gasteiger partial charge on any atom is -0.494 e. The first-order valence-electron chi connectivity index (χ1n) is 7.45. The summed E-state index contributed by atoms with van der Waals surface area (Å²) in [7, 11) is -3.25. The zero-order valence-corrected chi connectivity index (χ0v) is 15.4. The molecule has 1 amide bonds. The molecule has 0 aliphatic heterocycles. The summed E-state index contributed by atoms with van der Waals surface area (Å²) in [5.74, 6) is 0.332. The van der Waals surface area contributed by atoms with Crippen molar-refractivity contribution in [3.05, 3.63) is 54.1 Å². The summed E-state index contributed by atoms with van der Waals surface area (Å²) in [5, 5.41) is 5.51. The summed E-state index contributed by atoms with van der Waals surface area (Å²) < 4.78 is 28.2. The van der Waals surface area contributed by atoms with E-state index in [1.165, 1.54) is 12.1 Å². The molecule has 25 heavy (non-hydrogen) atoms. The zero-order chi connectivity index (χ0) is 18.4. The van der Waals surface area contributed by atoms with Gasteiger partial charge in [-0.25, -0.2) is 8.42 Å². The summed E-state index contributed by atoms with van der Waals surface area (Å²) in [6, 6.07) is 12.8. The molecule has 2 rings (SSSR count). The first-order chi connectivity index (χ1) is 11.8. The highest BCUT2D eigenvalue weighted by Crippen LogP contribution is 2.14. The Labute approximate surface area is 152 Å². The van der Waals surface area contributed by atoms with E-state index in [2.05, 4.69) is 10.6 Å². The van der Waals surface area contributed by atoms with Crippen LogP contribution in [0.15, 0.2) is 53.4 Å². The molecule has 0 fully saturated rings. The molecule has 0 radical (unpaired) electrons. The highest BCUT2D eigenvalue weighted by atomic mass is 32.2. The van der Waals surface area contributed by atoms with Gasteiger partial charge in [0, 0.05) is 17.5 Å². The third-order valence-electron chi connectivity index (χ3n) is 3.19. The first-order valence-corrected chi connectivity index (χ1v) is 9.75. The number of sulfone groups is 1. The molecule has 0 saturated carbocycles. The Morgan fingerprint density at radius 2 is 1.68 bits per heavy atom. The van der Waals surface area contributed by atoms with E-state index in [0.29, 0.717) is 23.6 Å². The van der Waals surface area contributed by atoms with Gasteiger partial charge in [-0.1, -0.05) is 0 Å². The number of carbonyl (C=O) groups is 1. The molecule has 0 aliphatic rings. The Bertz CT molecular complexity index is 861. The van der Waals surface area contributed by atoms with Crippen LogP contribution in [0.1, 0.15) is 17.3 Å². The van der Waals surface area contributed by atoms with Gasteiger partial charge in [0.05, 0.1) is 11.5 Å². The van der Waals surface area contributed by atoms with Gasteiger partial charge in [0.25, 0.3) is 5.91 Å². The number of benzene rings is 2. The van der Waals surface area contributed by atoms with Crippen molar-refractivity contribution in [2.45, 2.75) is 11.8 Å². The third kappa shape index (κ3) is 5.54. The van der Waals surface area contributed by atoms with E-state index in [1.54, 1.807) is 36.4 Å². The molecule has 8 heteroatoms. The average molecular weight is 378 g/mol. The summed E-state index contributed by atoms with van der Waals surface area (Å²) in [6.07, 6.45) is 1.14. The van der Waals surface area contributed by atoms with Gasteiger partial charge < -0.3 is 10.1 Å². The van der Waals surface area contributed by atoms with Crippen LogP contribution in [0.4, 0.5) is 5.69 Å². The fourth-order valence-corrected chi connectivity index (χ4v) is 2.83. The van der Waals surface area contributed by atoms with Gasteiger partial charge >= 0.3 is 0 Å². The van der Waals surface area contributed by atoms with Crippen molar-refractivity contribution < 1.29 is 17.9 Å². The first kappa shape index (κ1) is 18.9. The number of nitrogens with one attached hydrogen (secondary N) is 2. The fraction of sp³-hybridized carbons (Fsp3) is 0.176. The van der Waals surface area contributed by atoms with Crippen molar-refractivity contribution in [2.24, 2.45) is 0 Å². The van der Waals surface area contributed by atoms with E-state index in [0.717, 1.165) is 6.26 Å². The standard InChI is InChI=1S/C17H18N2O4S2/c1-3-23-14-8-4-12(5-9-14)16(20)19-17(24)18-13-6-10-15(11-7-13)25(2,21)22/h4-11H,3H2,1-2H3,(H2,18,19,20,24). The maximum Gasteiger partial charge on any atom is 0.257 e. The minimum atomic E-state index is -3.25. The van der Waals surface area contributed by atoms with Crippen molar-refractivity contribution >= 4 is 38.8 Å². The van der Waals surface area contributed by atoms with Crippen LogP contribution in [-0.2, 0) is 9.84 Å². The van der Waals surface area contributed by atoms with Gasteiger partial charge in [0.2, 0.25) is 0 Å². The molecule has 0 atom stereocenters. The molecule has 0 aromatic heterocycles. The molecular formula is C17H18N2O4S2. The van der Waals surface area contributed by atoms with Crippen LogP contribution < -0.4 is 15.4 Å². The molecule has 0 saturated heterocycles. The predicted molar refractivity (Wildman–Crippen MR) is 101 cm³/mol. The number of rotatable bonds is 5. The second-order valence-corrected chi connectivity index (χ2v) is 7.59. The van der Waals surface area contributed by atoms with E-state index in [1.807, 2.05) is 6.92 Å². The number of amides is 1. The van der Waals surface area contributed by atoms with Crippen molar-refractivity contribution in [2.75, 3.05) is 18.2 Å². The highest BCUT2D eigenvalue weighted by molar-refractivity contribution is 7.90. The Morgan fingerprint density at radius 3 is 2.20 bits per heavy atom. The van der Waals surface area contributed by atoms with Crippen LogP contribution >= 0.6 is 12.2 Å². The van der Waals surface area contributed by atoms with Gasteiger partial charge in [-0.05, 0) is 67.7 Å². The van der Waals surface area contributed by atoms with Crippen molar-refractivity contribution in [1.29, 1.82) is 0 Å². The number of anilines is 1. The summed E-state index contributed by atoms with van der Waals surface area (Å²) in [5.41, 5.74) is 1.02. The van der Waals surface area contributed by atoms with Gasteiger partial charge in [-0.3, -0.25) is 10.1 Å². The number of ether oxygens (including phenoxy) is 1. The van der Waals surface area contributed by atoms with Gasteiger partial charge in [-0.15, -0.1) is 0 Å². The van der Waals surface area contributed by atoms with E-state index < -0.39 is 9.84 Å². The number of hydrogen-bond donors (Lipinski definition) is 2. The van der Waals surface area contributed by atoms with Crippen LogP contribution in [0.2, 0.25) is 0 Å².